The highest BCUT2D eigenvalue weighted by Crippen LogP contribution is 2.32. The van der Waals surface area contributed by atoms with Gasteiger partial charge in [0, 0.05) is 11.3 Å². The van der Waals surface area contributed by atoms with Crippen LogP contribution in [0.4, 0.5) is 5.69 Å². The molecule has 2 rings (SSSR count). The van der Waals surface area contributed by atoms with E-state index in [1.54, 1.807) is 0 Å². The first-order valence-electron chi connectivity index (χ1n) is 6.90. The number of rotatable bonds is 2. The van der Waals surface area contributed by atoms with Crippen molar-refractivity contribution in [2.45, 2.75) is 40.5 Å². The molecule has 1 saturated carbocycles. The molecule has 0 amide bonds. The van der Waals surface area contributed by atoms with Gasteiger partial charge in [-0.05, 0) is 50.2 Å². The minimum atomic E-state index is 0.777. The van der Waals surface area contributed by atoms with E-state index < -0.39 is 0 Å². The van der Waals surface area contributed by atoms with Crippen LogP contribution in [0, 0.1) is 11.8 Å². The van der Waals surface area contributed by atoms with E-state index in [2.05, 4.69) is 58.0 Å². The quantitative estimate of drug-likeness (QED) is 0.670. The number of hydrogen-bond donors (Lipinski definition) is 0. The molecule has 96 valence electrons. The maximum Gasteiger partial charge on any atom is 0.0703 e. The second-order valence-electron chi connectivity index (χ2n) is 5.53. The molecule has 0 spiro atoms. The molecule has 2 atom stereocenters. The lowest BCUT2D eigenvalue weighted by molar-refractivity contribution is 0.457. The van der Waals surface area contributed by atoms with Crippen LogP contribution in [-0.4, -0.2) is 5.71 Å². The molecular weight excluding hydrogens is 218 g/mol. The third-order valence-corrected chi connectivity index (χ3v) is 4.13. The predicted octanol–water partition coefficient (Wildman–Crippen LogP) is 5.25. The van der Waals surface area contributed by atoms with E-state index >= 15 is 0 Å². The van der Waals surface area contributed by atoms with Gasteiger partial charge in [0.15, 0.2) is 0 Å². The van der Waals surface area contributed by atoms with Crippen molar-refractivity contribution in [3.8, 4) is 0 Å². The van der Waals surface area contributed by atoms with Gasteiger partial charge in [-0.15, -0.1) is 0 Å². The summed E-state index contributed by atoms with van der Waals surface area (Å²) >= 11 is 0. The Labute approximate surface area is 111 Å². The maximum absolute atomic E-state index is 4.90. The summed E-state index contributed by atoms with van der Waals surface area (Å²) in [5, 5.41) is 0. The van der Waals surface area contributed by atoms with Crippen molar-refractivity contribution in [1.29, 1.82) is 0 Å². The summed E-state index contributed by atoms with van der Waals surface area (Å²) in [4.78, 5) is 4.90. The third kappa shape index (κ3) is 2.72. The monoisotopic (exact) mass is 241 g/mol. The molecular formula is C17H23N. The molecule has 1 heteroatoms. The summed E-state index contributed by atoms with van der Waals surface area (Å²) in [5.74, 6) is 1.55. The molecule has 1 fully saturated rings. The maximum atomic E-state index is 4.90. The topological polar surface area (TPSA) is 12.4 Å². The number of allylic oxidation sites excluding steroid dienone is 2. The number of hydrogen-bond acceptors (Lipinski definition) is 1. The average molecular weight is 241 g/mol. The molecule has 1 aliphatic rings. The van der Waals surface area contributed by atoms with Gasteiger partial charge in [-0.2, -0.15) is 0 Å². The van der Waals surface area contributed by atoms with Crippen LogP contribution in [-0.2, 0) is 0 Å². The fourth-order valence-electron chi connectivity index (χ4n) is 2.55. The van der Waals surface area contributed by atoms with Gasteiger partial charge in [0.2, 0.25) is 0 Å². The molecule has 0 N–H and O–H groups in total. The summed E-state index contributed by atoms with van der Waals surface area (Å²) in [5.41, 5.74) is 5.06. The van der Waals surface area contributed by atoms with Crippen LogP contribution in [0.25, 0.3) is 5.57 Å². The lowest BCUT2D eigenvalue weighted by Crippen LogP contribution is -1.95. The highest BCUT2D eigenvalue weighted by atomic mass is 14.8. The van der Waals surface area contributed by atoms with Gasteiger partial charge in [-0.3, -0.25) is 4.99 Å². The lowest BCUT2D eigenvalue weighted by Gasteiger charge is -2.06. The summed E-state index contributed by atoms with van der Waals surface area (Å²) in [6.07, 6.45) is 4.47. The van der Waals surface area contributed by atoms with Crippen molar-refractivity contribution in [3.05, 3.63) is 35.9 Å². The van der Waals surface area contributed by atoms with Crippen LogP contribution >= 0.6 is 0 Å². The fourth-order valence-corrected chi connectivity index (χ4v) is 2.55. The van der Waals surface area contributed by atoms with Crippen molar-refractivity contribution in [2.24, 2.45) is 16.8 Å². The Morgan fingerprint density at radius 3 is 2.39 bits per heavy atom. The van der Waals surface area contributed by atoms with Gasteiger partial charge in [-0.25, -0.2) is 0 Å². The summed E-state index contributed by atoms with van der Waals surface area (Å²) in [6, 6.07) is 8.46. The Bertz CT molecular complexity index is 470. The molecule has 1 nitrogen and oxygen atoms in total. The van der Waals surface area contributed by atoms with E-state index in [9.17, 15) is 0 Å². The van der Waals surface area contributed by atoms with Crippen LogP contribution in [0.5, 0.6) is 0 Å². The van der Waals surface area contributed by atoms with Crippen LogP contribution in [0.2, 0.25) is 0 Å². The molecule has 18 heavy (non-hydrogen) atoms. The first kappa shape index (κ1) is 13.1. The van der Waals surface area contributed by atoms with Crippen molar-refractivity contribution in [2.75, 3.05) is 0 Å². The smallest absolute Gasteiger partial charge is 0.0703 e. The largest absolute Gasteiger partial charge is 0.257 e. The molecule has 0 bridgehead atoms. The molecule has 0 radical (unpaired) electrons. The van der Waals surface area contributed by atoms with E-state index in [0.29, 0.717) is 0 Å². The molecule has 2 unspecified atom stereocenters. The molecule has 0 aromatic heterocycles. The van der Waals surface area contributed by atoms with Gasteiger partial charge in [0.1, 0.15) is 0 Å². The summed E-state index contributed by atoms with van der Waals surface area (Å²) < 4.78 is 0. The fraction of sp³-hybridized carbons (Fsp3) is 0.471. The Kier molecular flexibility index (Phi) is 4.00. The van der Waals surface area contributed by atoms with E-state index in [0.717, 1.165) is 30.4 Å². The lowest BCUT2D eigenvalue weighted by atomic mass is 10.0. The van der Waals surface area contributed by atoms with Gasteiger partial charge in [-0.1, -0.05) is 38.1 Å². The zero-order chi connectivity index (χ0) is 13.1. The number of aliphatic imine (C=N–C) groups is 1. The van der Waals surface area contributed by atoms with E-state index in [1.807, 2.05) is 0 Å². The zero-order valence-corrected chi connectivity index (χ0v) is 11.9. The zero-order valence-electron chi connectivity index (χ0n) is 11.9. The normalized spacial score (nSPS) is 24.4. The molecule has 0 heterocycles. The van der Waals surface area contributed by atoms with Crippen molar-refractivity contribution in [3.63, 3.8) is 0 Å². The van der Waals surface area contributed by atoms with E-state index in [-0.39, 0.29) is 0 Å². The first-order chi connectivity index (χ1) is 8.61. The summed E-state index contributed by atoms with van der Waals surface area (Å²) in [6.45, 7) is 8.89. The summed E-state index contributed by atoms with van der Waals surface area (Å²) in [7, 11) is 0. The van der Waals surface area contributed by atoms with Crippen molar-refractivity contribution < 1.29 is 0 Å². The number of nitrogens with zero attached hydrogens (tertiary/aromatic N) is 1. The number of benzene rings is 1. The van der Waals surface area contributed by atoms with E-state index in [1.165, 1.54) is 16.8 Å². The van der Waals surface area contributed by atoms with Crippen LogP contribution < -0.4 is 0 Å². The molecule has 0 saturated heterocycles. The van der Waals surface area contributed by atoms with Gasteiger partial charge < -0.3 is 0 Å². The van der Waals surface area contributed by atoms with Crippen molar-refractivity contribution in [1.82, 2.24) is 0 Å². The first-order valence-corrected chi connectivity index (χ1v) is 6.90. The minimum absolute atomic E-state index is 0.777. The van der Waals surface area contributed by atoms with Gasteiger partial charge >= 0.3 is 0 Å². The second kappa shape index (κ2) is 5.51. The Balaban J connectivity index is 2.33. The SMILES string of the molecule is CC=C(C)c1ccccc1N=C1CC(C)C(C)C1. The second-order valence-corrected chi connectivity index (χ2v) is 5.53. The predicted molar refractivity (Wildman–Crippen MR) is 80.4 cm³/mol. The highest BCUT2D eigenvalue weighted by molar-refractivity contribution is 5.90. The van der Waals surface area contributed by atoms with Gasteiger partial charge in [0.05, 0.1) is 5.69 Å². The molecule has 1 aromatic rings. The van der Waals surface area contributed by atoms with Gasteiger partial charge in [0.25, 0.3) is 0 Å². The van der Waals surface area contributed by atoms with Crippen LogP contribution in [0.3, 0.4) is 0 Å². The standard InChI is InChI=1S/C17H23N/c1-5-12(2)16-8-6-7-9-17(16)18-15-10-13(3)14(4)11-15/h5-9,13-14H,10-11H2,1-4H3. The molecule has 1 aliphatic carbocycles. The van der Waals surface area contributed by atoms with E-state index in [4.69, 9.17) is 4.99 Å². The van der Waals surface area contributed by atoms with Crippen LogP contribution in [0.1, 0.15) is 46.1 Å². The molecule has 1 aromatic carbocycles. The number of para-hydroxylation sites is 1. The Hall–Kier alpha value is -1.37. The van der Waals surface area contributed by atoms with Crippen LogP contribution in [0.15, 0.2) is 35.3 Å². The highest BCUT2D eigenvalue weighted by Gasteiger charge is 2.24. The Morgan fingerprint density at radius 2 is 1.78 bits per heavy atom. The average Bonchev–Trinajstić information content (AvgIpc) is 2.68. The van der Waals surface area contributed by atoms with Crippen molar-refractivity contribution >= 4 is 17.0 Å². The third-order valence-electron chi connectivity index (χ3n) is 4.13. The Morgan fingerprint density at radius 1 is 1.17 bits per heavy atom. The minimum Gasteiger partial charge on any atom is -0.257 e. The molecule has 0 aliphatic heterocycles.